The van der Waals surface area contributed by atoms with E-state index in [9.17, 15) is 4.79 Å². The molecule has 0 aliphatic carbocycles. The molecule has 0 amide bonds. The highest BCUT2D eigenvalue weighted by Crippen LogP contribution is 1.95. The minimum Gasteiger partial charge on any atom is -0.460 e. The zero-order valence-corrected chi connectivity index (χ0v) is 8.13. The van der Waals surface area contributed by atoms with Crippen LogP contribution in [0.3, 0.4) is 0 Å². The lowest BCUT2D eigenvalue weighted by Gasteiger charge is -2.02. The molecular weight excluding hydrogens is 188 g/mol. The fraction of sp³-hybridized carbons (Fsp3) is 0.714. The molecule has 0 spiro atoms. The van der Waals surface area contributed by atoms with Gasteiger partial charge in [-0.25, -0.2) is 9.48 Å². The molecule has 0 radical (unpaired) electrons. The number of hydrogen-bond acceptors (Lipinski definition) is 6. The average molecular weight is 200 g/mol. The maximum absolute atomic E-state index is 11.3. The van der Waals surface area contributed by atoms with E-state index in [2.05, 4.69) is 15.5 Å². The van der Waals surface area contributed by atoms with E-state index in [0.717, 1.165) is 0 Å². The van der Waals surface area contributed by atoms with Crippen molar-refractivity contribution in [2.75, 3.05) is 20.3 Å². The molecule has 14 heavy (non-hydrogen) atoms. The monoisotopic (exact) mass is 200 g/mol. The summed E-state index contributed by atoms with van der Waals surface area (Å²) in [6.45, 7) is 2.90. The van der Waals surface area contributed by atoms with Crippen LogP contribution in [-0.2, 0) is 16.0 Å². The van der Waals surface area contributed by atoms with Gasteiger partial charge in [-0.3, -0.25) is 0 Å². The van der Waals surface area contributed by atoms with E-state index < -0.39 is 5.97 Å². The third-order valence-electron chi connectivity index (χ3n) is 1.50. The zero-order valence-electron chi connectivity index (χ0n) is 8.13. The van der Waals surface area contributed by atoms with Gasteiger partial charge >= 0.3 is 5.97 Å². The second-order valence-electron chi connectivity index (χ2n) is 2.44. The van der Waals surface area contributed by atoms with Gasteiger partial charge in [0.25, 0.3) is 5.82 Å². The van der Waals surface area contributed by atoms with Gasteiger partial charge in [0.05, 0.1) is 19.8 Å². The first-order valence-electron chi connectivity index (χ1n) is 4.21. The summed E-state index contributed by atoms with van der Waals surface area (Å²) in [5.41, 5.74) is 0. The number of aromatic nitrogens is 4. The van der Waals surface area contributed by atoms with Gasteiger partial charge in [0.1, 0.15) is 0 Å². The van der Waals surface area contributed by atoms with Crippen molar-refractivity contribution in [1.29, 1.82) is 0 Å². The predicted octanol–water partition coefficient (Wildman–Crippen LogP) is -0.504. The fourth-order valence-electron chi connectivity index (χ4n) is 0.875. The molecule has 1 aromatic heterocycles. The topological polar surface area (TPSA) is 79.1 Å². The van der Waals surface area contributed by atoms with Crippen molar-refractivity contribution in [1.82, 2.24) is 20.2 Å². The van der Waals surface area contributed by atoms with Crippen molar-refractivity contribution in [2.24, 2.45) is 0 Å². The highest BCUT2D eigenvalue weighted by molar-refractivity contribution is 5.85. The van der Waals surface area contributed by atoms with Crippen molar-refractivity contribution in [3.8, 4) is 0 Å². The number of nitrogens with zero attached hydrogens (tertiary/aromatic N) is 4. The quantitative estimate of drug-likeness (QED) is 0.596. The maximum Gasteiger partial charge on any atom is 0.378 e. The molecule has 0 aliphatic rings. The number of ether oxygens (including phenoxy) is 2. The smallest absolute Gasteiger partial charge is 0.378 e. The molecular formula is C7H12N4O3. The molecule has 7 heteroatoms. The van der Waals surface area contributed by atoms with Gasteiger partial charge in [0.15, 0.2) is 0 Å². The standard InChI is InChI=1S/C7H12N4O3/c1-3-14-7(12)6-8-9-10-11(6)4-5-13-2/h3-5H2,1-2H3. The Hall–Kier alpha value is -1.50. The Bertz CT molecular complexity index is 299. The minimum atomic E-state index is -0.520. The van der Waals surface area contributed by atoms with E-state index in [4.69, 9.17) is 9.47 Å². The average Bonchev–Trinajstić information content (AvgIpc) is 2.63. The van der Waals surface area contributed by atoms with E-state index in [0.29, 0.717) is 19.8 Å². The summed E-state index contributed by atoms with van der Waals surface area (Å²) in [6.07, 6.45) is 0. The molecule has 0 N–H and O–H groups in total. The molecule has 1 heterocycles. The molecule has 0 atom stereocenters. The van der Waals surface area contributed by atoms with Gasteiger partial charge in [0, 0.05) is 7.11 Å². The molecule has 0 aliphatic heterocycles. The first-order chi connectivity index (χ1) is 6.79. The number of hydrogen-bond donors (Lipinski definition) is 0. The lowest BCUT2D eigenvalue weighted by Crippen LogP contribution is -2.16. The molecule has 7 nitrogen and oxygen atoms in total. The normalized spacial score (nSPS) is 10.1. The predicted molar refractivity (Wildman–Crippen MR) is 45.6 cm³/mol. The molecule has 0 saturated heterocycles. The first kappa shape index (κ1) is 10.6. The van der Waals surface area contributed by atoms with Crippen LogP contribution in [0.1, 0.15) is 17.5 Å². The summed E-state index contributed by atoms with van der Waals surface area (Å²) >= 11 is 0. The number of esters is 1. The molecule has 1 rings (SSSR count). The number of methoxy groups -OCH3 is 1. The summed E-state index contributed by atoms with van der Waals surface area (Å²) < 4.78 is 11.0. The van der Waals surface area contributed by atoms with Crippen molar-refractivity contribution in [3.05, 3.63) is 5.82 Å². The highest BCUT2D eigenvalue weighted by Gasteiger charge is 2.15. The van der Waals surface area contributed by atoms with E-state index >= 15 is 0 Å². The Morgan fingerprint density at radius 1 is 1.57 bits per heavy atom. The third kappa shape index (κ3) is 2.49. The largest absolute Gasteiger partial charge is 0.460 e. The fourth-order valence-corrected chi connectivity index (χ4v) is 0.875. The van der Waals surface area contributed by atoms with Crippen LogP contribution in [0.25, 0.3) is 0 Å². The summed E-state index contributed by atoms with van der Waals surface area (Å²) in [6, 6.07) is 0. The van der Waals surface area contributed by atoms with E-state index in [1.807, 2.05) is 0 Å². The molecule has 0 fully saturated rings. The Balaban J connectivity index is 2.66. The molecule has 0 saturated carbocycles. The summed E-state index contributed by atoms with van der Waals surface area (Å²) in [5.74, 6) is -0.419. The van der Waals surface area contributed by atoms with Crippen LogP contribution in [0.15, 0.2) is 0 Å². The second kappa shape index (κ2) is 5.28. The lowest BCUT2D eigenvalue weighted by molar-refractivity contribution is 0.0501. The van der Waals surface area contributed by atoms with Gasteiger partial charge in [-0.05, 0) is 17.4 Å². The molecule has 0 aromatic carbocycles. The van der Waals surface area contributed by atoms with Crippen LogP contribution in [-0.4, -0.2) is 46.5 Å². The minimum absolute atomic E-state index is 0.101. The van der Waals surface area contributed by atoms with Crippen molar-refractivity contribution in [2.45, 2.75) is 13.5 Å². The van der Waals surface area contributed by atoms with Crippen molar-refractivity contribution >= 4 is 5.97 Å². The van der Waals surface area contributed by atoms with Gasteiger partial charge in [-0.1, -0.05) is 0 Å². The van der Waals surface area contributed by atoms with Crippen LogP contribution >= 0.6 is 0 Å². The van der Waals surface area contributed by atoms with Crippen LogP contribution in [0.5, 0.6) is 0 Å². The van der Waals surface area contributed by atoms with Gasteiger partial charge in [-0.2, -0.15) is 0 Å². The van der Waals surface area contributed by atoms with E-state index in [1.54, 1.807) is 14.0 Å². The van der Waals surface area contributed by atoms with Gasteiger partial charge in [-0.15, -0.1) is 5.10 Å². The second-order valence-corrected chi connectivity index (χ2v) is 2.44. The third-order valence-corrected chi connectivity index (χ3v) is 1.50. The molecule has 0 unspecified atom stereocenters. The van der Waals surface area contributed by atoms with E-state index in [1.165, 1.54) is 4.68 Å². The van der Waals surface area contributed by atoms with Crippen LogP contribution in [0, 0.1) is 0 Å². The zero-order chi connectivity index (χ0) is 10.4. The van der Waals surface area contributed by atoms with Crippen molar-refractivity contribution < 1.29 is 14.3 Å². The Morgan fingerprint density at radius 2 is 2.36 bits per heavy atom. The number of carbonyl (C=O) groups is 1. The molecule has 1 aromatic rings. The Labute approximate surface area is 81.0 Å². The van der Waals surface area contributed by atoms with Crippen molar-refractivity contribution in [3.63, 3.8) is 0 Å². The SMILES string of the molecule is CCOC(=O)c1nnnn1CCOC. The van der Waals surface area contributed by atoms with Gasteiger partial charge in [0.2, 0.25) is 0 Å². The molecule has 0 bridgehead atoms. The van der Waals surface area contributed by atoms with Gasteiger partial charge < -0.3 is 9.47 Å². The summed E-state index contributed by atoms with van der Waals surface area (Å²) in [4.78, 5) is 11.3. The van der Waals surface area contributed by atoms with Crippen LogP contribution in [0.2, 0.25) is 0 Å². The Morgan fingerprint density at radius 3 is 3.00 bits per heavy atom. The maximum atomic E-state index is 11.3. The molecule has 78 valence electrons. The van der Waals surface area contributed by atoms with Crippen LogP contribution < -0.4 is 0 Å². The summed E-state index contributed by atoms with van der Waals surface area (Å²) in [5, 5.41) is 10.6. The number of carbonyl (C=O) groups excluding carboxylic acids is 1. The van der Waals surface area contributed by atoms with Crippen LogP contribution in [0.4, 0.5) is 0 Å². The van der Waals surface area contributed by atoms with E-state index in [-0.39, 0.29) is 5.82 Å². The number of rotatable bonds is 5. The highest BCUT2D eigenvalue weighted by atomic mass is 16.5. The summed E-state index contributed by atoms with van der Waals surface area (Å²) in [7, 11) is 1.56. The lowest BCUT2D eigenvalue weighted by atomic mass is 10.6. The number of tetrazole rings is 1. The Kier molecular flexibility index (Phi) is 3.99. The first-order valence-corrected chi connectivity index (χ1v) is 4.21.